The van der Waals surface area contributed by atoms with E-state index in [4.69, 9.17) is 4.74 Å². The first-order valence-electron chi connectivity index (χ1n) is 5.74. The van der Waals surface area contributed by atoms with Gasteiger partial charge in [0.2, 0.25) is 0 Å². The van der Waals surface area contributed by atoms with Crippen molar-refractivity contribution in [3.8, 4) is 0 Å². The van der Waals surface area contributed by atoms with Crippen molar-refractivity contribution in [1.29, 1.82) is 0 Å². The fraction of sp³-hybridized carbons (Fsp3) is 0.615. The molecular formula is C13H18FNO. The summed E-state index contributed by atoms with van der Waals surface area (Å²) >= 11 is 0. The van der Waals surface area contributed by atoms with E-state index in [1.54, 1.807) is 0 Å². The van der Waals surface area contributed by atoms with Crippen molar-refractivity contribution in [3.63, 3.8) is 0 Å². The first kappa shape index (κ1) is 11.5. The number of rotatable bonds is 1. The Labute approximate surface area is 95.8 Å². The number of pyridine rings is 1. The minimum Gasteiger partial charge on any atom is -0.376 e. The van der Waals surface area contributed by atoms with Crippen molar-refractivity contribution in [3.05, 3.63) is 29.3 Å². The highest BCUT2D eigenvalue weighted by Crippen LogP contribution is 2.36. The van der Waals surface area contributed by atoms with Crippen molar-refractivity contribution in [1.82, 2.24) is 4.98 Å². The predicted molar refractivity (Wildman–Crippen MR) is 60.9 cm³/mol. The summed E-state index contributed by atoms with van der Waals surface area (Å²) in [5, 5.41) is 0. The van der Waals surface area contributed by atoms with Gasteiger partial charge in [-0.05, 0) is 51.2 Å². The molecule has 1 aliphatic rings. The maximum absolute atomic E-state index is 13.7. The molecule has 0 radical (unpaired) electrons. The van der Waals surface area contributed by atoms with Crippen LogP contribution in [0.25, 0.3) is 0 Å². The summed E-state index contributed by atoms with van der Waals surface area (Å²) in [6, 6.07) is 1.86. The second-order valence-electron chi connectivity index (χ2n) is 5.15. The summed E-state index contributed by atoms with van der Waals surface area (Å²) < 4.78 is 19.4. The Morgan fingerprint density at radius 2 is 2.25 bits per heavy atom. The largest absolute Gasteiger partial charge is 0.376 e. The SMILES string of the molecule is Cc1cc(C2CCOC(C)(C)C2)c(F)cn1. The maximum atomic E-state index is 13.7. The van der Waals surface area contributed by atoms with Crippen molar-refractivity contribution in [2.24, 2.45) is 0 Å². The summed E-state index contributed by atoms with van der Waals surface area (Å²) in [7, 11) is 0. The van der Waals surface area contributed by atoms with E-state index in [-0.39, 0.29) is 17.3 Å². The van der Waals surface area contributed by atoms with Crippen LogP contribution in [0.3, 0.4) is 0 Å². The number of aromatic nitrogens is 1. The van der Waals surface area contributed by atoms with Crippen LogP contribution in [0.4, 0.5) is 4.39 Å². The van der Waals surface area contributed by atoms with E-state index in [1.807, 2.05) is 13.0 Å². The number of halogens is 1. The van der Waals surface area contributed by atoms with Crippen LogP contribution in [-0.4, -0.2) is 17.2 Å². The Balaban J connectivity index is 2.26. The molecule has 3 heteroatoms. The quantitative estimate of drug-likeness (QED) is 0.729. The maximum Gasteiger partial charge on any atom is 0.144 e. The lowest BCUT2D eigenvalue weighted by Gasteiger charge is -2.35. The zero-order valence-corrected chi connectivity index (χ0v) is 10.1. The Morgan fingerprint density at radius 3 is 2.94 bits per heavy atom. The zero-order valence-electron chi connectivity index (χ0n) is 10.1. The van der Waals surface area contributed by atoms with Crippen LogP contribution < -0.4 is 0 Å². The Morgan fingerprint density at radius 1 is 1.50 bits per heavy atom. The van der Waals surface area contributed by atoms with Gasteiger partial charge in [0.25, 0.3) is 0 Å². The molecule has 0 saturated carbocycles. The third-order valence-electron chi connectivity index (χ3n) is 3.16. The molecule has 88 valence electrons. The van der Waals surface area contributed by atoms with Crippen molar-refractivity contribution in [2.45, 2.75) is 45.1 Å². The molecule has 0 aliphatic carbocycles. The molecule has 0 amide bonds. The molecule has 16 heavy (non-hydrogen) atoms. The summed E-state index contributed by atoms with van der Waals surface area (Å²) in [4.78, 5) is 3.96. The molecule has 1 aromatic heterocycles. The van der Waals surface area contributed by atoms with Crippen LogP contribution in [0.15, 0.2) is 12.3 Å². The zero-order chi connectivity index (χ0) is 11.8. The van der Waals surface area contributed by atoms with Crippen molar-refractivity contribution < 1.29 is 9.13 Å². The first-order chi connectivity index (χ1) is 7.48. The fourth-order valence-electron chi connectivity index (χ4n) is 2.37. The number of aryl methyl sites for hydroxylation is 1. The van der Waals surface area contributed by atoms with E-state index in [0.717, 1.165) is 24.1 Å². The van der Waals surface area contributed by atoms with E-state index in [2.05, 4.69) is 18.8 Å². The molecular weight excluding hydrogens is 205 g/mol. The van der Waals surface area contributed by atoms with Gasteiger partial charge in [-0.15, -0.1) is 0 Å². The summed E-state index contributed by atoms with van der Waals surface area (Å²) in [6.45, 7) is 6.72. The van der Waals surface area contributed by atoms with E-state index < -0.39 is 0 Å². The Hall–Kier alpha value is -0.960. The van der Waals surface area contributed by atoms with Crippen LogP contribution in [0.1, 0.15) is 43.9 Å². The minimum absolute atomic E-state index is 0.146. The third-order valence-corrected chi connectivity index (χ3v) is 3.16. The standard InChI is InChI=1S/C13H18FNO/c1-9-6-11(12(14)8-15-9)10-4-5-16-13(2,3)7-10/h6,8,10H,4-5,7H2,1-3H3. The fourth-order valence-corrected chi connectivity index (χ4v) is 2.37. The van der Waals surface area contributed by atoms with Crippen LogP contribution >= 0.6 is 0 Å². The Kier molecular flexibility index (Phi) is 2.98. The van der Waals surface area contributed by atoms with E-state index in [1.165, 1.54) is 6.20 Å². The molecule has 2 nitrogen and oxygen atoms in total. The van der Waals surface area contributed by atoms with E-state index in [0.29, 0.717) is 6.61 Å². The second kappa shape index (κ2) is 4.13. The van der Waals surface area contributed by atoms with E-state index in [9.17, 15) is 4.39 Å². The molecule has 0 aromatic carbocycles. The average molecular weight is 223 g/mol. The Bertz CT molecular complexity index is 390. The van der Waals surface area contributed by atoms with Crippen LogP contribution in [0, 0.1) is 12.7 Å². The van der Waals surface area contributed by atoms with Gasteiger partial charge in [-0.3, -0.25) is 4.98 Å². The van der Waals surface area contributed by atoms with Crippen molar-refractivity contribution >= 4 is 0 Å². The molecule has 1 aliphatic heterocycles. The molecule has 2 rings (SSSR count). The lowest BCUT2D eigenvalue weighted by Crippen LogP contribution is -2.33. The van der Waals surface area contributed by atoms with E-state index >= 15 is 0 Å². The van der Waals surface area contributed by atoms with Crippen molar-refractivity contribution in [2.75, 3.05) is 6.61 Å². The van der Waals surface area contributed by atoms with Crippen LogP contribution in [-0.2, 0) is 4.74 Å². The van der Waals surface area contributed by atoms with Gasteiger partial charge in [-0.25, -0.2) is 4.39 Å². The lowest BCUT2D eigenvalue weighted by atomic mass is 9.83. The monoisotopic (exact) mass is 223 g/mol. The molecule has 2 heterocycles. The lowest BCUT2D eigenvalue weighted by molar-refractivity contribution is -0.0596. The van der Waals surface area contributed by atoms with Crippen LogP contribution in [0.5, 0.6) is 0 Å². The topological polar surface area (TPSA) is 22.1 Å². The highest BCUT2D eigenvalue weighted by atomic mass is 19.1. The van der Waals surface area contributed by atoms with Gasteiger partial charge < -0.3 is 4.74 Å². The summed E-state index contributed by atoms with van der Waals surface area (Å²) in [6.07, 6.45) is 3.09. The molecule has 1 fully saturated rings. The van der Waals surface area contributed by atoms with Gasteiger partial charge >= 0.3 is 0 Å². The summed E-state index contributed by atoms with van der Waals surface area (Å²) in [5.41, 5.74) is 1.52. The molecule has 1 atom stereocenters. The number of hydrogen-bond donors (Lipinski definition) is 0. The van der Waals surface area contributed by atoms with Gasteiger partial charge in [0, 0.05) is 12.3 Å². The highest BCUT2D eigenvalue weighted by molar-refractivity contribution is 5.23. The molecule has 0 bridgehead atoms. The molecule has 0 N–H and O–H groups in total. The third kappa shape index (κ3) is 2.40. The molecule has 1 saturated heterocycles. The normalized spacial score (nSPS) is 24.4. The first-order valence-corrected chi connectivity index (χ1v) is 5.74. The molecule has 0 spiro atoms. The summed E-state index contributed by atoms with van der Waals surface area (Å²) in [5.74, 6) is 0.0683. The number of nitrogens with zero attached hydrogens (tertiary/aromatic N) is 1. The van der Waals surface area contributed by atoms with Gasteiger partial charge in [0.05, 0.1) is 11.8 Å². The number of hydrogen-bond acceptors (Lipinski definition) is 2. The molecule has 1 aromatic rings. The van der Waals surface area contributed by atoms with Gasteiger partial charge in [0.1, 0.15) is 5.82 Å². The second-order valence-corrected chi connectivity index (χ2v) is 5.15. The highest BCUT2D eigenvalue weighted by Gasteiger charge is 2.31. The predicted octanol–water partition coefficient (Wildman–Crippen LogP) is 3.20. The number of ether oxygens (including phenoxy) is 1. The molecule has 1 unspecified atom stereocenters. The average Bonchev–Trinajstić information content (AvgIpc) is 2.20. The minimum atomic E-state index is -0.187. The van der Waals surface area contributed by atoms with Gasteiger partial charge in [-0.1, -0.05) is 0 Å². The van der Waals surface area contributed by atoms with Gasteiger partial charge in [0.15, 0.2) is 0 Å². The van der Waals surface area contributed by atoms with Gasteiger partial charge in [-0.2, -0.15) is 0 Å². The smallest absolute Gasteiger partial charge is 0.144 e. The van der Waals surface area contributed by atoms with Crippen LogP contribution in [0.2, 0.25) is 0 Å².